The van der Waals surface area contributed by atoms with E-state index in [-0.39, 0.29) is 11.7 Å². The fraction of sp³-hybridized carbons (Fsp3) is 0.250. The van der Waals surface area contributed by atoms with E-state index in [0.717, 1.165) is 24.1 Å². The minimum atomic E-state index is -0.175. The molecule has 0 saturated heterocycles. The van der Waals surface area contributed by atoms with Crippen LogP contribution in [0.2, 0.25) is 0 Å². The van der Waals surface area contributed by atoms with E-state index in [2.05, 4.69) is 15.2 Å². The van der Waals surface area contributed by atoms with E-state index in [0.29, 0.717) is 11.4 Å². The average Bonchev–Trinajstić information content (AvgIpc) is 2.94. The molecule has 0 amide bonds. The van der Waals surface area contributed by atoms with E-state index in [4.69, 9.17) is 5.73 Å². The first-order chi connectivity index (χ1) is 8.27. The molecule has 17 heavy (non-hydrogen) atoms. The third-order valence-corrected chi connectivity index (χ3v) is 3.21. The summed E-state index contributed by atoms with van der Waals surface area (Å²) in [7, 11) is 0. The average molecular weight is 228 g/mol. The van der Waals surface area contributed by atoms with Gasteiger partial charge in [-0.1, -0.05) is 6.07 Å². The second-order valence-electron chi connectivity index (χ2n) is 4.20. The van der Waals surface area contributed by atoms with Crippen LogP contribution in [-0.2, 0) is 6.42 Å². The van der Waals surface area contributed by atoms with Crippen LogP contribution in [0, 0.1) is 0 Å². The molecule has 0 radical (unpaired) electrons. The third kappa shape index (κ3) is 1.51. The zero-order chi connectivity index (χ0) is 11.8. The van der Waals surface area contributed by atoms with E-state index in [9.17, 15) is 4.79 Å². The lowest BCUT2D eigenvalue weighted by atomic mass is 9.97. The fourth-order valence-electron chi connectivity index (χ4n) is 2.35. The minimum Gasteiger partial charge on any atom is -0.383 e. The highest BCUT2D eigenvalue weighted by atomic mass is 16.1. The number of Topliss-reactive ketones (excluding diaryl/α,β-unsaturated/α-hetero) is 1. The van der Waals surface area contributed by atoms with Crippen LogP contribution in [0.25, 0.3) is 0 Å². The van der Waals surface area contributed by atoms with E-state index < -0.39 is 0 Å². The first-order valence-corrected chi connectivity index (χ1v) is 5.54. The van der Waals surface area contributed by atoms with Gasteiger partial charge in [-0.05, 0) is 24.5 Å². The SMILES string of the molecule is Nc1[nH]ncc1C(=O)C1CCc2cccnc21. The van der Waals surface area contributed by atoms with E-state index >= 15 is 0 Å². The van der Waals surface area contributed by atoms with Crippen LogP contribution in [0.1, 0.15) is 34.0 Å². The number of hydrogen-bond acceptors (Lipinski definition) is 4. The number of aryl methyl sites for hydroxylation is 1. The molecule has 5 nitrogen and oxygen atoms in total. The number of aromatic nitrogens is 3. The summed E-state index contributed by atoms with van der Waals surface area (Å²) in [5.74, 6) is 0.166. The molecular formula is C12H12N4O. The highest BCUT2D eigenvalue weighted by Gasteiger charge is 2.31. The standard InChI is InChI=1S/C12H12N4O/c13-12-9(6-15-16-12)11(17)8-4-3-7-2-1-5-14-10(7)8/h1-2,5-6,8H,3-4H2,(H3,13,15,16). The second-order valence-corrected chi connectivity index (χ2v) is 4.20. The van der Waals surface area contributed by atoms with Crippen LogP contribution >= 0.6 is 0 Å². The Labute approximate surface area is 98.1 Å². The largest absolute Gasteiger partial charge is 0.383 e. The van der Waals surface area contributed by atoms with Gasteiger partial charge in [0.2, 0.25) is 0 Å². The topological polar surface area (TPSA) is 84.7 Å². The van der Waals surface area contributed by atoms with Crippen molar-refractivity contribution in [2.45, 2.75) is 18.8 Å². The zero-order valence-corrected chi connectivity index (χ0v) is 9.18. The molecule has 0 aliphatic heterocycles. The van der Waals surface area contributed by atoms with Gasteiger partial charge in [-0.25, -0.2) is 0 Å². The lowest BCUT2D eigenvalue weighted by molar-refractivity contribution is 0.0959. The molecule has 0 spiro atoms. The Morgan fingerprint density at radius 3 is 3.18 bits per heavy atom. The van der Waals surface area contributed by atoms with Gasteiger partial charge in [-0.2, -0.15) is 5.10 Å². The first kappa shape index (κ1) is 10.0. The second kappa shape index (κ2) is 3.69. The molecule has 86 valence electrons. The number of hydrogen-bond donors (Lipinski definition) is 2. The van der Waals surface area contributed by atoms with Crippen molar-refractivity contribution in [3.63, 3.8) is 0 Å². The van der Waals surface area contributed by atoms with Crippen molar-refractivity contribution in [2.24, 2.45) is 0 Å². The number of carbonyl (C=O) groups is 1. The number of pyridine rings is 1. The van der Waals surface area contributed by atoms with E-state index in [1.165, 1.54) is 6.20 Å². The summed E-state index contributed by atoms with van der Waals surface area (Å²) in [5.41, 5.74) is 8.18. The molecule has 3 N–H and O–H groups in total. The maximum absolute atomic E-state index is 12.3. The summed E-state index contributed by atoms with van der Waals surface area (Å²) in [6.45, 7) is 0. The van der Waals surface area contributed by atoms with Gasteiger partial charge in [-0.3, -0.25) is 14.9 Å². The molecule has 2 aromatic rings. The number of rotatable bonds is 2. The highest BCUT2D eigenvalue weighted by molar-refractivity contribution is 6.04. The Hall–Kier alpha value is -2.17. The van der Waals surface area contributed by atoms with Crippen molar-refractivity contribution in [3.05, 3.63) is 41.3 Å². The number of nitrogens with two attached hydrogens (primary N) is 1. The molecule has 2 heterocycles. The van der Waals surface area contributed by atoms with Gasteiger partial charge in [0.15, 0.2) is 5.78 Å². The van der Waals surface area contributed by atoms with Gasteiger partial charge in [-0.15, -0.1) is 0 Å². The van der Waals surface area contributed by atoms with Crippen molar-refractivity contribution in [1.29, 1.82) is 0 Å². The van der Waals surface area contributed by atoms with Crippen LogP contribution in [0.15, 0.2) is 24.5 Å². The molecule has 0 fully saturated rings. The molecule has 0 bridgehead atoms. The molecule has 1 aliphatic carbocycles. The van der Waals surface area contributed by atoms with Gasteiger partial charge in [0, 0.05) is 6.20 Å². The maximum atomic E-state index is 12.3. The summed E-state index contributed by atoms with van der Waals surface area (Å²) in [6.07, 6.45) is 4.91. The number of nitrogens with zero attached hydrogens (tertiary/aromatic N) is 2. The molecule has 1 aliphatic rings. The number of fused-ring (bicyclic) bond motifs is 1. The third-order valence-electron chi connectivity index (χ3n) is 3.21. The van der Waals surface area contributed by atoms with Gasteiger partial charge in [0.1, 0.15) is 5.82 Å². The van der Waals surface area contributed by atoms with Crippen molar-refractivity contribution in [2.75, 3.05) is 5.73 Å². The maximum Gasteiger partial charge on any atom is 0.177 e. The van der Waals surface area contributed by atoms with Gasteiger partial charge in [0.05, 0.1) is 23.4 Å². The fourth-order valence-corrected chi connectivity index (χ4v) is 2.35. The summed E-state index contributed by atoms with van der Waals surface area (Å²) >= 11 is 0. The zero-order valence-electron chi connectivity index (χ0n) is 9.18. The van der Waals surface area contributed by atoms with Gasteiger partial charge >= 0.3 is 0 Å². The minimum absolute atomic E-state index is 0.00806. The monoisotopic (exact) mass is 228 g/mol. The molecule has 1 unspecified atom stereocenters. The van der Waals surface area contributed by atoms with Crippen molar-refractivity contribution in [1.82, 2.24) is 15.2 Å². The van der Waals surface area contributed by atoms with Crippen LogP contribution < -0.4 is 5.73 Å². The summed E-state index contributed by atoms with van der Waals surface area (Å²) in [5, 5.41) is 6.36. The van der Waals surface area contributed by atoms with Crippen molar-refractivity contribution in [3.8, 4) is 0 Å². The predicted octanol–water partition coefficient (Wildman–Crippen LogP) is 1.30. The highest BCUT2D eigenvalue weighted by Crippen LogP contribution is 2.34. The van der Waals surface area contributed by atoms with Crippen molar-refractivity contribution < 1.29 is 4.79 Å². The van der Waals surface area contributed by atoms with E-state index in [1.807, 2.05) is 12.1 Å². The lowest BCUT2D eigenvalue weighted by Gasteiger charge is -2.08. The Bertz CT molecular complexity index is 575. The number of aromatic amines is 1. The summed E-state index contributed by atoms with van der Waals surface area (Å²) in [6, 6.07) is 3.92. The number of H-pyrrole nitrogens is 1. The molecular weight excluding hydrogens is 216 g/mol. The Kier molecular flexibility index (Phi) is 2.18. The number of carbonyl (C=O) groups excluding carboxylic acids is 1. The molecule has 0 aromatic carbocycles. The quantitative estimate of drug-likeness (QED) is 0.759. The molecule has 0 saturated carbocycles. The number of ketones is 1. The number of nitrogen functional groups attached to an aromatic ring is 1. The summed E-state index contributed by atoms with van der Waals surface area (Å²) < 4.78 is 0. The number of nitrogens with one attached hydrogen (secondary N) is 1. The van der Waals surface area contributed by atoms with Crippen LogP contribution in [0.5, 0.6) is 0 Å². The predicted molar refractivity (Wildman–Crippen MR) is 62.6 cm³/mol. The molecule has 3 rings (SSSR count). The van der Waals surface area contributed by atoms with Crippen LogP contribution in [-0.4, -0.2) is 21.0 Å². The summed E-state index contributed by atoms with van der Waals surface area (Å²) in [4.78, 5) is 16.6. The Morgan fingerprint density at radius 2 is 2.41 bits per heavy atom. The normalized spacial score (nSPS) is 18.0. The lowest BCUT2D eigenvalue weighted by Crippen LogP contribution is -2.12. The first-order valence-electron chi connectivity index (χ1n) is 5.54. The molecule has 5 heteroatoms. The smallest absolute Gasteiger partial charge is 0.177 e. The number of anilines is 1. The molecule has 2 aromatic heterocycles. The van der Waals surface area contributed by atoms with Crippen molar-refractivity contribution >= 4 is 11.6 Å². The van der Waals surface area contributed by atoms with Crippen LogP contribution in [0.4, 0.5) is 5.82 Å². The Morgan fingerprint density at radius 1 is 1.53 bits per heavy atom. The molecule has 1 atom stereocenters. The van der Waals surface area contributed by atoms with Crippen LogP contribution in [0.3, 0.4) is 0 Å². The van der Waals surface area contributed by atoms with E-state index in [1.54, 1.807) is 6.20 Å². The van der Waals surface area contributed by atoms with Gasteiger partial charge < -0.3 is 5.73 Å². The Balaban J connectivity index is 1.98. The van der Waals surface area contributed by atoms with Gasteiger partial charge in [0.25, 0.3) is 0 Å².